The van der Waals surface area contributed by atoms with Gasteiger partial charge in [0.25, 0.3) is 0 Å². The van der Waals surface area contributed by atoms with E-state index in [4.69, 9.17) is 4.74 Å². The third kappa shape index (κ3) is 4.38. The predicted molar refractivity (Wildman–Crippen MR) is 165 cm³/mol. The number of sulfonamides is 1. The van der Waals surface area contributed by atoms with Crippen LogP contribution in [0.1, 0.15) is 82.0 Å². The van der Waals surface area contributed by atoms with Gasteiger partial charge in [-0.1, -0.05) is 32.1 Å². The van der Waals surface area contributed by atoms with Crippen molar-refractivity contribution in [1.29, 1.82) is 0 Å². The van der Waals surface area contributed by atoms with Crippen LogP contribution in [-0.2, 0) is 14.8 Å². The molecule has 10 heteroatoms. The fourth-order valence-electron chi connectivity index (χ4n) is 11.0. The zero-order valence-electron chi connectivity index (χ0n) is 26.4. The van der Waals surface area contributed by atoms with Gasteiger partial charge >= 0.3 is 0 Å². The maximum atomic E-state index is 14.5. The third-order valence-corrected chi connectivity index (χ3v) is 14.7. The monoisotopic (exact) mass is 645 g/mol. The Morgan fingerprint density at radius 3 is 2.42 bits per heavy atom. The Kier molecular flexibility index (Phi) is 7.21. The number of carbonyl (C=O) groups excluding carboxylic acids is 1. The standard InChI is InChI=1S/C35H45F2NO6S/c1-31-11-8-23(39)18-33(31)14-15-35(25(19-33)30(40)22-6-7-26(36)27(37)17-22)28(31)9-12-32(2)29(35)10-13-34(32,41)21-38(45(3,42)43)20-24-5-4-16-44-24/h6-7,14-15,17,19,23-24,28-29,39,41H,4-5,8-13,16,18,20-21H2,1-3H3. The summed E-state index contributed by atoms with van der Waals surface area (Å²) in [5.41, 5.74) is -3.07. The van der Waals surface area contributed by atoms with E-state index >= 15 is 0 Å². The highest BCUT2D eigenvalue weighted by molar-refractivity contribution is 7.88. The normalized spacial score (nSPS) is 43.6. The van der Waals surface area contributed by atoms with Crippen molar-refractivity contribution in [1.82, 2.24) is 4.31 Å². The molecule has 9 atom stereocenters. The fourth-order valence-corrected chi connectivity index (χ4v) is 11.9. The van der Waals surface area contributed by atoms with Crippen molar-refractivity contribution < 1.29 is 36.9 Å². The number of aliphatic hydroxyl groups is 2. The van der Waals surface area contributed by atoms with Crippen molar-refractivity contribution in [2.75, 3.05) is 26.0 Å². The summed E-state index contributed by atoms with van der Waals surface area (Å²) in [4.78, 5) is 14.5. The summed E-state index contributed by atoms with van der Waals surface area (Å²) in [6.45, 7) is 5.07. The van der Waals surface area contributed by atoms with Gasteiger partial charge in [0.05, 0.1) is 24.1 Å². The Hall–Kier alpha value is -1.98. The predicted octanol–water partition coefficient (Wildman–Crippen LogP) is 5.18. The van der Waals surface area contributed by atoms with E-state index in [-0.39, 0.29) is 47.8 Å². The molecule has 1 heterocycles. The van der Waals surface area contributed by atoms with Crippen molar-refractivity contribution in [2.45, 2.75) is 89.4 Å². The van der Waals surface area contributed by atoms with Crippen LogP contribution in [0.15, 0.2) is 42.0 Å². The molecule has 9 unspecified atom stereocenters. The molecular formula is C35H45F2NO6S. The number of aliphatic hydroxyl groups excluding tert-OH is 1. The summed E-state index contributed by atoms with van der Waals surface area (Å²) < 4.78 is 61.7. The number of allylic oxidation sites excluding steroid dienone is 4. The summed E-state index contributed by atoms with van der Waals surface area (Å²) in [5, 5.41) is 23.5. The molecule has 45 heavy (non-hydrogen) atoms. The van der Waals surface area contributed by atoms with Gasteiger partial charge in [-0.05, 0) is 93.2 Å². The number of ether oxygens (including phenoxy) is 1. The number of fused-ring (bicyclic) bond motifs is 1. The van der Waals surface area contributed by atoms with Crippen molar-refractivity contribution in [2.24, 2.45) is 33.5 Å². The minimum absolute atomic E-state index is 0.0232. The molecule has 2 N–H and O–H groups in total. The van der Waals surface area contributed by atoms with E-state index in [1.165, 1.54) is 16.6 Å². The van der Waals surface area contributed by atoms with Crippen molar-refractivity contribution >= 4 is 15.8 Å². The van der Waals surface area contributed by atoms with Gasteiger partial charge < -0.3 is 14.9 Å². The van der Waals surface area contributed by atoms with Crippen LogP contribution in [0.5, 0.6) is 0 Å². The molecule has 0 aromatic heterocycles. The van der Waals surface area contributed by atoms with E-state index in [0.29, 0.717) is 50.7 Å². The molecule has 3 saturated carbocycles. The number of hydrogen-bond donors (Lipinski definition) is 2. The molecule has 1 aliphatic heterocycles. The molecule has 8 rings (SSSR count). The Bertz CT molecular complexity index is 1590. The Labute approximate surface area is 264 Å². The first-order chi connectivity index (χ1) is 21.1. The molecule has 2 bridgehead atoms. The van der Waals surface area contributed by atoms with Crippen LogP contribution in [0.3, 0.4) is 0 Å². The molecule has 2 spiro atoms. The zero-order valence-corrected chi connectivity index (χ0v) is 27.2. The average molecular weight is 646 g/mol. The first kappa shape index (κ1) is 31.6. The highest BCUT2D eigenvalue weighted by Crippen LogP contribution is 2.78. The molecule has 1 aromatic carbocycles. The Morgan fingerprint density at radius 1 is 1.02 bits per heavy atom. The van der Waals surface area contributed by atoms with E-state index in [9.17, 15) is 32.2 Å². The number of rotatable bonds is 7. The highest BCUT2D eigenvalue weighted by atomic mass is 32.2. The molecule has 246 valence electrons. The number of halogens is 2. The quantitative estimate of drug-likeness (QED) is 0.313. The number of benzene rings is 1. The second kappa shape index (κ2) is 10.3. The summed E-state index contributed by atoms with van der Waals surface area (Å²) in [6, 6.07) is 3.27. The highest BCUT2D eigenvalue weighted by Gasteiger charge is 2.74. The Morgan fingerprint density at radius 2 is 1.73 bits per heavy atom. The topological polar surface area (TPSA) is 104 Å². The van der Waals surface area contributed by atoms with Crippen LogP contribution in [-0.4, -0.2) is 72.5 Å². The molecular weight excluding hydrogens is 600 g/mol. The summed E-state index contributed by atoms with van der Waals surface area (Å²) in [7, 11) is -3.65. The smallest absolute Gasteiger partial charge is 0.211 e. The summed E-state index contributed by atoms with van der Waals surface area (Å²) in [6.07, 6.45) is 12.7. The van der Waals surface area contributed by atoms with Gasteiger partial charge in [0.15, 0.2) is 17.4 Å². The maximum absolute atomic E-state index is 14.5. The van der Waals surface area contributed by atoms with Crippen molar-refractivity contribution in [3.05, 3.63) is 59.2 Å². The lowest BCUT2D eigenvalue weighted by molar-refractivity contribution is -0.174. The van der Waals surface area contributed by atoms with Crippen LogP contribution >= 0.6 is 0 Å². The maximum Gasteiger partial charge on any atom is 0.211 e. The first-order valence-electron chi connectivity index (χ1n) is 16.5. The second-order valence-electron chi connectivity index (χ2n) is 15.5. The van der Waals surface area contributed by atoms with Crippen molar-refractivity contribution in [3.63, 3.8) is 0 Å². The largest absolute Gasteiger partial charge is 0.393 e. The molecule has 0 radical (unpaired) electrons. The summed E-state index contributed by atoms with van der Waals surface area (Å²) in [5.74, 6) is -2.64. The lowest BCUT2D eigenvalue weighted by Crippen LogP contribution is -2.67. The number of ketones is 1. The summed E-state index contributed by atoms with van der Waals surface area (Å²) >= 11 is 0. The lowest BCUT2D eigenvalue weighted by atomic mass is 9.32. The number of nitrogens with zero attached hydrogens (tertiary/aromatic N) is 1. The van der Waals surface area contributed by atoms with Gasteiger partial charge in [0, 0.05) is 47.1 Å². The van der Waals surface area contributed by atoms with Gasteiger partial charge in [0.1, 0.15) is 0 Å². The van der Waals surface area contributed by atoms with E-state index < -0.39 is 49.6 Å². The molecule has 1 aromatic rings. The van der Waals surface area contributed by atoms with Crippen LogP contribution in [0.4, 0.5) is 8.78 Å². The number of carbonyl (C=O) groups is 1. The zero-order chi connectivity index (χ0) is 32.2. The first-order valence-corrected chi connectivity index (χ1v) is 18.3. The van der Waals surface area contributed by atoms with E-state index in [1.807, 2.05) is 6.08 Å². The van der Waals surface area contributed by atoms with Gasteiger partial charge in [0.2, 0.25) is 10.0 Å². The SMILES string of the molecule is CC12CCC(O)CC13C=CC1(C(C(=O)c4ccc(F)c(F)c4)=C3)C2CCC2(C)C1CCC2(O)CN(CC1CCCO1)S(C)(=O)=O. The van der Waals surface area contributed by atoms with Gasteiger partial charge in [-0.15, -0.1) is 0 Å². The molecule has 7 nitrogen and oxygen atoms in total. The van der Waals surface area contributed by atoms with Gasteiger partial charge in [-0.2, -0.15) is 4.31 Å². The minimum Gasteiger partial charge on any atom is -0.393 e. The van der Waals surface area contributed by atoms with Crippen LogP contribution in [0, 0.1) is 45.1 Å². The van der Waals surface area contributed by atoms with Crippen LogP contribution < -0.4 is 0 Å². The molecule has 7 aliphatic rings. The third-order valence-electron chi connectivity index (χ3n) is 13.5. The second-order valence-corrected chi connectivity index (χ2v) is 17.4. The van der Waals surface area contributed by atoms with Crippen LogP contribution in [0.25, 0.3) is 0 Å². The van der Waals surface area contributed by atoms with E-state index in [2.05, 4.69) is 26.0 Å². The van der Waals surface area contributed by atoms with E-state index in [1.54, 1.807) is 0 Å². The van der Waals surface area contributed by atoms with Crippen molar-refractivity contribution in [3.8, 4) is 0 Å². The molecule has 4 fully saturated rings. The molecule has 6 aliphatic carbocycles. The molecule has 1 saturated heterocycles. The lowest BCUT2D eigenvalue weighted by Gasteiger charge is -2.71. The number of Topliss-reactive ketones (excluding diaryl/α,β-unsaturated/α-hetero) is 1. The number of hydrogen-bond acceptors (Lipinski definition) is 6. The average Bonchev–Trinajstić information content (AvgIpc) is 3.59. The van der Waals surface area contributed by atoms with Crippen LogP contribution in [0.2, 0.25) is 0 Å². The van der Waals surface area contributed by atoms with Gasteiger partial charge in [-0.3, -0.25) is 4.79 Å². The fraction of sp³-hybridized carbons (Fsp3) is 0.686. The van der Waals surface area contributed by atoms with Gasteiger partial charge in [-0.25, -0.2) is 17.2 Å². The van der Waals surface area contributed by atoms with E-state index in [0.717, 1.165) is 31.4 Å². The minimum atomic E-state index is -3.65. The Balaban J connectivity index is 1.33. The molecule has 0 amide bonds.